The number of fused-ring (bicyclic) bond motifs is 1. The summed E-state index contributed by atoms with van der Waals surface area (Å²) in [4.78, 5) is 21.2. The van der Waals surface area contributed by atoms with Crippen LogP contribution in [0.25, 0.3) is 0 Å². The maximum atomic E-state index is 12.2. The van der Waals surface area contributed by atoms with Crippen LogP contribution in [0.4, 0.5) is 0 Å². The lowest BCUT2D eigenvalue weighted by Gasteiger charge is -2.46. The molecule has 0 aliphatic carbocycles. The number of hydrogen-bond donors (Lipinski definition) is 0. The van der Waals surface area contributed by atoms with E-state index in [-0.39, 0.29) is 17.4 Å². The van der Waals surface area contributed by atoms with Gasteiger partial charge in [0.1, 0.15) is 0 Å². The number of pyridine rings is 1. The third-order valence-corrected chi connectivity index (χ3v) is 5.98. The molecule has 25 heavy (non-hydrogen) atoms. The zero-order chi connectivity index (χ0) is 17.3. The molecule has 1 amide bonds. The summed E-state index contributed by atoms with van der Waals surface area (Å²) >= 11 is 0. The highest BCUT2D eigenvalue weighted by Crippen LogP contribution is 2.45. The van der Waals surface area contributed by atoms with Gasteiger partial charge in [0.05, 0.1) is 11.7 Å². The predicted molar refractivity (Wildman–Crippen MR) is 98.0 cm³/mol. The average molecular weight is 335 g/mol. The van der Waals surface area contributed by atoms with Crippen molar-refractivity contribution in [2.24, 2.45) is 0 Å². The Bertz CT molecular complexity index is 733. The van der Waals surface area contributed by atoms with Crippen LogP contribution < -0.4 is 0 Å². The van der Waals surface area contributed by atoms with Gasteiger partial charge in [-0.1, -0.05) is 36.4 Å². The summed E-state index contributed by atoms with van der Waals surface area (Å²) in [7, 11) is 0. The lowest BCUT2D eigenvalue weighted by Crippen LogP contribution is -2.56. The van der Waals surface area contributed by atoms with Crippen LogP contribution >= 0.6 is 0 Å². The molecule has 1 aromatic heterocycles. The summed E-state index contributed by atoms with van der Waals surface area (Å²) in [6.07, 6.45) is 4.02. The van der Waals surface area contributed by atoms with Gasteiger partial charge in [-0.15, -0.1) is 0 Å². The van der Waals surface area contributed by atoms with Crippen molar-refractivity contribution in [3.05, 3.63) is 66.0 Å². The smallest absolute Gasteiger partial charge is 0.219 e. The Morgan fingerprint density at radius 2 is 1.88 bits per heavy atom. The third-order valence-electron chi connectivity index (χ3n) is 5.98. The molecule has 2 aliphatic rings. The van der Waals surface area contributed by atoms with Crippen molar-refractivity contribution in [2.45, 2.75) is 37.8 Å². The monoisotopic (exact) mass is 335 g/mol. The number of carbonyl (C=O) groups is 1. The SMILES string of the molecule is CC(=O)N1CC[C@@]2(c3ccccc3)CCN(Cc3ccccn3)C[C@@H]12. The number of rotatable bonds is 3. The van der Waals surface area contributed by atoms with Gasteiger partial charge in [0, 0.05) is 38.2 Å². The van der Waals surface area contributed by atoms with Gasteiger partial charge in [0.15, 0.2) is 0 Å². The summed E-state index contributed by atoms with van der Waals surface area (Å²) in [5.41, 5.74) is 2.59. The number of aromatic nitrogens is 1. The number of carbonyl (C=O) groups excluding carboxylic acids is 1. The summed E-state index contributed by atoms with van der Waals surface area (Å²) in [6, 6.07) is 17.1. The molecule has 3 heterocycles. The van der Waals surface area contributed by atoms with Crippen molar-refractivity contribution in [1.29, 1.82) is 0 Å². The summed E-state index contributed by atoms with van der Waals surface area (Å²) < 4.78 is 0. The Morgan fingerprint density at radius 3 is 2.60 bits per heavy atom. The number of hydrogen-bond acceptors (Lipinski definition) is 3. The van der Waals surface area contributed by atoms with E-state index in [9.17, 15) is 4.79 Å². The van der Waals surface area contributed by atoms with E-state index in [1.807, 2.05) is 18.3 Å². The number of benzene rings is 1. The topological polar surface area (TPSA) is 36.4 Å². The van der Waals surface area contributed by atoms with Crippen LogP contribution in [0.3, 0.4) is 0 Å². The first-order valence-corrected chi connectivity index (χ1v) is 9.14. The zero-order valence-corrected chi connectivity index (χ0v) is 14.8. The van der Waals surface area contributed by atoms with Crippen molar-refractivity contribution >= 4 is 5.91 Å². The fourth-order valence-corrected chi connectivity index (χ4v) is 4.69. The fraction of sp³-hybridized carbons (Fsp3) is 0.429. The minimum absolute atomic E-state index is 0.105. The van der Waals surface area contributed by atoms with Gasteiger partial charge < -0.3 is 4.90 Å². The van der Waals surface area contributed by atoms with Crippen molar-refractivity contribution in [2.75, 3.05) is 19.6 Å². The second-order valence-electron chi connectivity index (χ2n) is 7.31. The van der Waals surface area contributed by atoms with Crippen LogP contribution in [0.2, 0.25) is 0 Å². The first-order chi connectivity index (χ1) is 12.2. The van der Waals surface area contributed by atoms with Crippen molar-refractivity contribution in [3.8, 4) is 0 Å². The first kappa shape index (κ1) is 16.3. The van der Waals surface area contributed by atoms with Gasteiger partial charge in [-0.2, -0.15) is 0 Å². The Balaban J connectivity index is 1.61. The molecule has 0 radical (unpaired) electrons. The number of likely N-dealkylation sites (tertiary alicyclic amines) is 2. The highest BCUT2D eigenvalue weighted by molar-refractivity contribution is 5.74. The number of amides is 1. The molecule has 2 fully saturated rings. The van der Waals surface area contributed by atoms with E-state index in [4.69, 9.17) is 0 Å². The second-order valence-corrected chi connectivity index (χ2v) is 7.31. The molecule has 0 unspecified atom stereocenters. The molecule has 130 valence electrons. The van der Waals surface area contributed by atoms with Crippen LogP contribution in [0.5, 0.6) is 0 Å². The molecule has 4 heteroatoms. The Labute approximate surface area is 149 Å². The van der Waals surface area contributed by atoms with E-state index in [2.05, 4.69) is 51.2 Å². The van der Waals surface area contributed by atoms with E-state index in [0.717, 1.165) is 44.7 Å². The number of piperidine rings is 1. The van der Waals surface area contributed by atoms with Crippen molar-refractivity contribution in [3.63, 3.8) is 0 Å². The summed E-state index contributed by atoms with van der Waals surface area (Å²) in [5.74, 6) is 0.197. The highest BCUT2D eigenvalue weighted by atomic mass is 16.2. The van der Waals surface area contributed by atoms with E-state index >= 15 is 0 Å². The first-order valence-electron chi connectivity index (χ1n) is 9.14. The lowest BCUT2D eigenvalue weighted by molar-refractivity contribution is -0.131. The molecule has 0 saturated carbocycles. The van der Waals surface area contributed by atoms with Crippen LogP contribution in [0.15, 0.2) is 54.7 Å². The van der Waals surface area contributed by atoms with Gasteiger partial charge in [-0.25, -0.2) is 0 Å². The Kier molecular flexibility index (Phi) is 4.30. The number of nitrogens with zero attached hydrogens (tertiary/aromatic N) is 3. The molecule has 4 rings (SSSR count). The van der Waals surface area contributed by atoms with Gasteiger partial charge in [-0.05, 0) is 37.1 Å². The van der Waals surface area contributed by atoms with E-state index in [0.29, 0.717) is 0 Å². The van der Waals surface area contributed by atoms with Gasteiger partial charge in [0.2, 0.25) is 5.91 Å². The van der Waals surface area contributed by atoms with Crippen LogP contribution in [-0.2, 0) is 16.8 Å². The predicted octanol–water partition coefficient (Wildman–Crippen LogP) is 2.85. The van der Waals surface area contributed by atoms with Gasteiger partial charge in [-0.3, -0.25) is 14.7 Å². The minimum atomic E-state index is 0.105. The summed E-state index contributed by atoms with van der Waals surface area (Å²) in [5, 5.41) is 0. The molecule has 0 N–H and O–H groups in total. The maximum absolute atomic E-state index is 12.2. The maximum Gasteiger partial charge on any atom is 0.219 e. The third kappa shape index (κ3) is 2.95. The quantitative estimate of drug-likeness (QED) is 0.865. The fourth-order valence-electron chi connectivity index (χ4n) is 4.69. The molecule has 0 bridgehead atoms. The van der Waals surface area contributed by atoms with Crippen LogP contribution in [0, 0.1) is 0 Å². The molecule has 2 aromatic rings. The standard InChI is InChI=1S/C21H25N3O/c1-17(25)24-14-11-21(18-7-3-2-4-8-18)10-13-23(16-20(21)24)15-19-9-5-6-12-22-19/h2-9,12,20H,10-11,13-16H2,1H3/t20-,21-/m1/s1. The molecular formula is C21H25N3O. The second kappa shape index (κ2) is 6.60. The van der Waals surface area contributed by atoms with E-state index < -0.39 is 0 Å². The van der Waals surface area contributed by atoms with Crippen LogP contribution in [-0.4, -0.2) is 46.4 Å². The molecule has 2 atom stereocenters. The van der Waals surface area contributed by atoms with E-state index in [1.54, 1.807) is 6.92 Å². The normalized spacial score (nSPS) is 26.4. The van der Waals surface area contributed by atoms with Gasteiger partial charge in [0.25, 0.3) is 0 Å². The molecule has 1 aromatic carbocycles. The molecule has 4 nitrogen and oxygen atoms in total. The lowest BCUT2D eigenvalue weighted by atomic mass is 9.69. The van der Waals surface area contributed by atoms with Crippen molar-refractivity contribution in [1.82, 2.24) is 14.8 Å². The van der Waals surface area contributed by atoms with Crippen molar-refractivity contribution < 1.29 is 4.79 Å². The summed E-state index contributed by atoms with van der Waals surface area (Å²) in [6.45, 7) is 5.40. The molecule has 0 spiro atoms. The Hall–Kier alpha value is -2.20. The minimum Gasteiger partial charge on any atom is -0.338 e. The average Bonchev–Trinajstić information content (AvgIpc) is 3.04. The molecule has 2 aliphatic heterocycles. The van der Waals surface area contributed by atoms with Crippen LogP contribution in [0.1, 0.15) is 31.0 Å². The zero-order valence-electron chi connectivity index (χ0n) is 14.8. The van der Waals surface area contributed by atoms with E-state index in [1.165, 1.54) is 5.56 Å². The largest absolute Gasteiger partial charge is 0.338 e. The highest BCUT2D eigenvalue weighted by Gasteiger charge is 2.51. The van der Waals surface area contributed by atoms with Gasteiger partial charge >= 0.3 is 0 Å². The Morgan fingerprint density at radius 1 is 1.12 bits per heavy atom. The molecular weight excluding hydrogens is 310 g/mol. The molecule has 2 saturated heterocycles.